The van der Waals surface area contributed by atoms with Gasteiger partial charge in [-0.2, -0.15) is 0 Å². The van der Waals surface area contributed by atoms with Crippen LogP contribution in [0.15, 0.2) is 47.1 Å². The van der Waals surface area contributed by atoms with Crippen molar-refractivity contribution in [3.63, 3.8) is 0 Å². The Kier molecular flexibility index (Phi) is 4.96. The standard InChI is InChI=1S/C25H21Cl2N3O3/c26-19-2-1-3-20(27)22(19)23-16(24(33-29-23)13-4-5-13)8-7-15-17-11-30(12-18(15)17)21-9-6-14(10-28-21)25(31)32/h1-3,6-10,13,15,17-18H,4-5,11-12H2,(H,31,32)/b8-7+. The van der Waals surface area contributed by atoms with Gasteiger partial charge in [0.1, 0.15) is 17.3 Å². The molecule has 2 aliphatic carbocycles. The number of benzene rings is 1. The summed E-state index contributed by atoms with van der Waals surface area (Å²) in [5, 5.41) is 14.5. The molecule has 2 unspecified atom stereocenters. The van der Waals surface area contributed by atoms with E-state index in [4.69, 9.17) is 32.8 Å². The van der Waals surface area contributed by atoms with Gasteiger partial charge in [-0.15, -0.1) is 0 Å². The van der Waals surface area contributed by atoms with Crippen LogP contribution in [-0.4, -0.2) is 34.3 Å². The van der Waals surface area contributed by atoms with Crippen LogP contribution in [0.4, 0.5) is 5.82 Å². The van der Waals surface area contributed by atoms with Crippen LogP contribution in [0.5, 0.6) is 0 Å². The fourth-order valence-corrected chi connectivity index (χ4v) is 5.54. The number of aromatic nitrogens is 2. The molecule has 1 N–H and O–H groups in total. The monoisotopic (exact) mass is 481 g/mol. The van der Waals surface area contributed by atoms with Crippen molar-refractivity contribution < 1.29 is 14.4 Å². The highest BCUT2D eigenvalue weighted by Crippen LogP contribution is 2.54. The summed E-state index contributed by atoms with van der Waals surface area (Å²) in [6.07, 6.45) is 8.07. The quantitative estimate of drug-likeness (QED) is 0.463. The number of carboxylic acid groups (broad SMARTS) is 1. The van der Waals surface area contributed by atoms with Gasteiger partial charge < -0.3 is 14.5 Å². The Hall–Kier alpha value is -2.83. The van der Waals surface area contributed by atoms with E-state index in [1.54, 1.807) is 12.1 Å². The van der Waals surface area contributed by atoms with Gasteiger partial charge in [0.2, 0.25) is 0 Å². The lowest BCUT2D eigenvalue weighted by Gasteiger charge is -2.20. The van der Waals surface area contributed by atoms with Crippen LogP contribution < -0.4 is 4.90 Å². The molecule has 3 aliphatic rings. The largest absolute Gasteiger partial charge is 0.478 e. The van der Waals surface area contributed by atoms with Crippen molar-refractivity contribution in [2.45, 2.75) is 18.8 Å². The predicted octanol–water partition coefficient (Wildman–Crippen LogP) is 6.01. The van der Waals surface area contributed by atoms with Crippen LogP contribution >= 0.6 is 23.2 Å². The number of piperidine rings is 1. The van der Waals surface area contributed by atoms with Gasteiger partial charge in [-0.25, -0.2) is 9.78 Å². The fraction of sp³-hybridized carbons (Fsp3) is 0.320. The molecule has 1 saturated heterocycles. The first-order valence-corrected chi connectivity index (χ1v) is 11.8. The van der Waals surface area contributed by atoms with Crippen LogP contribution in [0.1, 0.15) is 40.4 Å². The lowest BCUT2D eigenvalue weighted by Crippen LogP contribution is -2.24. The molecule has 2 saturated carbocycles. The van der Waals surface area contributed by atoms with Crippen LogP contribution in [0, 0.1) is 17.8 Å². The molecular weight excluding hydrogens is 461 g/mol. The minimum atomic E-state index is -0.958. The number of hydrogen-bond acceptors (Lipinski definition) is 5. The van der Waals surface area contributed by atoms with E-state index in [2.05, 4.69) is 27.2 Å². The number of halogens is 2. The van der Waals surface area contributed by atoms with E-state index >= 15 is 0 Å². The maximum Gasteiger partial charge on any atom is 0.337 e. The molecule has 3 aromatic rings. The molecule has 0 bridgehead atoms. The third-order valence-corrected chi connectivity index (χ3v) is 7.60. The summed E-state index contributed by atoms with van der Waals surface area (Å²) in [5.41, 5.74) is 2.62. The Balaban J connectivity index is 1.20. The summed E-state index contributed by atoms with van der Waals surface area (Å²) in [5.74, 6) is 2.85. The van der Waals surface area contributed by atoms with E-state index in [1.165, 1.54) is 6.20 Å². The van der Waals surface area contributed by atoms with Crippen molar-refractivity contribution in [1.82, 2.24) is 10.1 Å². The minimum absolute atomic E-state index is 0.207. The molecule has 0 radical (unpaired) electrons. The van der Waals surface area contributed by atoms with Crippen LogP contribution in [0.2, 0.25) is 10.0 Å². The summed E-state index contributed by atoms with van der Waals surface area (Å²) in [4.78, 5) is 17.6. The Morgan fingerprint density at radius 3 is 2.45 bits per heavy atom. The molecular formula is C25H21Cl2N3O3. The van der Waals surface area contributed by atoms with Crippen molar-refractivity contribution in [3.05, 3.63) is 69.5 Å². The minimum Gasteiger partial charge on any atom is -0.478 e. The molecule has 3 heterocycles. The molecule has 1 aliphatic heterocycles. The zero-order chi connectivity index (χ0) is 22.7. The number of nitrogens with zero attached hydrogens (tertiary/aromatic N) is 3. The second kappa shape index (κ2) is 7.89. The third-order valence-electron chi connectivity index (χ3n) is 6.97. The van der Waals surface area contributed by atoms with Gasteiger partial charge in [0.15, 0.2) is 0 Å². The number of fused-ring (bicyclic) bond motifs is 1. The maximum absolute atomic E-state index is 11.0. The smallest absolute Gasteiger partial charge is 0.337 e. The number of anilines is 1. The molecule has 0 spiro atoms. The van der Waals surface area contributed by atoms with E-state index < -0.39 is 5.97 Å². The normalized spacial score (nSPS) is 23.8. The number of aromatic carboxylic acids is 1. The average Bonchev–Trinajstić information content (AvgIpc) is 3.67. The second-order valence-corrected chi connectivity index (χ2v) is 9.87. The van der Waals surface area contributed by atoms with Crippen molar-refractivity contribution in [3.8, 4) is 11.3 Å². The number of carbonyl (C=O) groups is 1. The van der Waals surface area contributed by atoms with E-state index in [9.17, 15) is 4.79 Å². The highest BCUT2D eigenvalue weighted by molar-refractivity contribution is 6.39. The average molecular weight is 482 g/mol. The topological polar surface area (TPSA) is 79.5 Å². The van der Waals surface area contributed by atoms with E-state index in [1.807, 2.05) is 18.2 Å². The second-order valence-electron chi connectivity index (χ2n) is 9.06. The molecule has 2 aromatic heterocycles. The summed E-state index contributed by atoms with van der Waals surface area (Å²) >= 11 is 12.9. The summed E-state index contributed by atoms with van der Waals surface area (Å²) in [6.45, 7) is 1.84. The van der Waals surface area contributed by atoms with Crippen molar-refractivity contribution in [2.24, 2.45) is 17.8 Å². The Labute approximate surface area is 200 Å². The number of allylic oxidation sites excluding steroid dienone is 1. The molecule has 33 heavy (non-hydrogen) atoms. The Bertz CT molecular complexity index is 1230. The zero-order valence-electron chi connectivity index (χ0n) is 17.6. The molecule has 2 atom stereocenters. The SMILES string of the molecule is O=C(O)c1ccc(N2CC3C(/C=C/c4c(-c5c(Cl)cccc5Cl)noc4C4CC4)C3C2)nc1. The van der Waals surface area contributed by atoms with Gasteiger partial charge in [-0.1, -0.05) is 46.6 Å². The van der Waals surface area contributed by atoms with Crippen LogP contribution in [0.3, 0.4) is 0 Å². The van der Waals surface area contributed by atoms with Crippen LogP contribution in [-0.2, 0) is 0 Å². The van der Waals surface area contributed by atoms with Gasteiger partial charge in [0.25, 0.3) is 0 Å². The van der Waals surface area contributed by atoms with E-state index in [-0.39, 0.29) is 5.56 Å². The fourth-order valence-electron chi connectivity index (χ4n) is 4.97. The van der Waals surface area contributed by atoms with Gasteiger partial charge in [-0.05, 0) is 54.9 Å². The van der Waals surface area contributed by atoms with E-state index in [0.717, 1.165) is 43.1 Å². The number of pyridine rings is 1. The van der Waals surface area contributed by atoms with Crippen molar-refractivity contribution >= 4 is 41.1 Å². The number of hydrogen-bond donors (Lipinski definition) is 1. The first-order chi connectivity index (χ1) is 16.0. The summed E-state index contributed by atoms with van der Waals surface area (Å²) in [6, 6.07) is 8.86. The van der Waals surface area contributed by atoms with Crippen molar-refractivity contribution in [1.29, 1.82) is 0 Å². The van der Waals surface area contributed by atoms with Gasteiger partial charge in [0.05, 0.1) is 15.6 Å². The highest BCUT2D eigenvalue weighted by atomic mass is 35.5. The van der Waals surface area contributed by atoms with Gasteiger partial charge in [-0.3, -0.25) is 0 Å². The zero-order valence-corrected chi connectivity index (χ0v) is 19.1. The Morgan fingerprint density at radius 2 is 1.85 bits per heavy atom. The summed E-state index contributed by atoms with van der Waals surface area (Å²) < 4.78 is 5.76. The lowest BCUT2D eigenvalue weighted by atomic mass is 10.0. The van der Waals surface area contributed by atoms with Crippen molar-refractivity contribution in [2.75, 3.05) is 18.0 Å². The van der Waals surface area contributed by atoms with Gasteiger partial charge in [0, 0.05) is 36.3 Å². The number of rotatable bonds is 6. The van der Waals surface area contributed by atoms with Crippen LogP contribution in [0.25, 0.3) is 17.3 Å². The Morgan fingerprint density at radius 1 is 1.12 bits per heavy atom. The molecule has 8 heteroatoms. The van der Waals surface area contributed by atoms with Gasteiger partial charge >= 0.3 is 5.97 Å². The lowest BCUT2D eigenvalue weighted by molar-refractivity contribution is 0.0696. The highest BCUT2D eigenvalue weighted by Gasteiger charge is 2.54. The molecule has 1 aromatic carbocycles. The third kappa shape index (κ3) is 3.71. The molecule has 3 fully saturated rings. The maximum atomic E-state index is 11.0. The first kappa shape index (κ1) is 20.8. The molecule has 168 valence electrons. The first-order valence-electron chi connectivity index (χ1n) is 11.1. The molecule has 6 nitrogen and oxygen atoms in total. The van der Waals surface area contributed by atoms with E-state index in [0.29, 0.717) is 45.0 Å². The molecule has 0 amide bonds. The number of carboxylic acids is 1. The summed E-state index contributed by atoms with van der Waals surface area (Å²) in [7, 11) is 0. The predicted molar refractivity (Wildman–Crippen MR) is 127 cm³/mol. The molecule has 6 rings (SSSR count).